The number of carboxylic acid groups (broad SMARTS) is 1. The molecule has 1 aromatic heterocycles. The molecular formula is C14H23N3O2. The van der Waals surface area contributed by atoms with Crippen LogP contribution >= 0.6 is 0 Å². The van der Waals surface area contributed by atoms with Gasteiger partial charge in [-0.1, -0.05) is 19.8 Å². The third kappa shape index (κ3) is 6.18. The Morgan fingerprint density at radius 3 is 2.68 bits per heavy atom. The maximum atomic E-state index is 10.6. The van der Waals surface area contributed by atoms with E-state index >= 15 is 0 Å². The van der Waals surface area contributed by atoms with Gasteiger partial charge in [0.2, 0.25) is 0 Å². The Hall–Kier alpha value is -1.65. The first kappa shape index (κ1) is 15.4. The number of hydrogen-bond donors (Lipinski definition) is 2. The van der Waals surface area contributed by atoms with Crippen LogP contribution in [0.3, 0.4) is 0 Å². The van der Waals surface area contributed by atoms with E-state index in [-0.39, 0.29) is 6.42 Å². The zero-order chi connectivity index (χ0) is 14.1. The highest BCUT2D eigenvalue weighted by Crippen LogP contribution is 2.18. The number of nitrogens with zero attached hydrogens (tertiary/aromatic N) is 2. The summed E-state index contributed by atoms with van der Waals surface area (Å²) in [6.07, 6.45) is 7.50. The van der Waals surface area contributed by atoms with E-state index in [1.807, 2.05) is 6.92 Å². The van der Waals surface area contributed by atoms with Gasteiger partial charge < -0.3 is 10.4 Å². The van der Waals surface area contributed by atoms with E-state index in [1.165, 1.54) is 0 Å². The number of carboxylic acids is 1. The molecule has 0 amide bonds. The fourth-order valence-corrected chi connectivity index (χ4v) is 2.14. The normalized spacial score (nSPS) is 12.1. The van der Waals surface area contributed by atoms with Gasteiger partial charge in [0, 0.05) is 25.4 Å². The van der Waals surface area contributed by atoms with Crippen LogP contribution in [0.15, 0.2) is 12.4 Å². The Morgan fingerprint density at radius 2 is 2.05 bits per heavy atom. The van der Waals surface area contributed by atoms with E-state index < -0.39 is 5.97 Å². The summed E-state index contributed by atoms with van der Waals surface area (Å²) >= 11 is 0. The van der Waals surface area contributed by atoms with Crippen LogP contribution in [0.25, 0.3) is 0 Å². The van der Waals surface area contributed by atoms with Gasteiger partial charge in [-0.15, -0.1) is 0 Å². The summed E-state index contributed by atoms with van der Waals surface area (Å²) in [7, 11) is 0. The average molecular weight is 265 g/mol. The molecule has 106 valence electrons. The zero-order valence-electron chi connectivity index (χ0n) is 11.7. The molecule has 0 aliphatic carbocycles. The van der Waals surface area contributed by atoms with E-state index in [0.29, 0.717) is 5.92 Å². The topological polar surface area (TPSA) is 75.1 Å². The van der Waals surface area contributed by atoms with Gasteiger partial charge in [-0.2, -0.15) is 0 Å². The van der Waals surface area contributed by atoms with Crippen LogP contribution in [-0.4, -0.2) is 27.6 Å². The van der Waals surface area contributed by atoms with Gasteiger partial charge in [-0.05, 0) is 25.7 Å². The molecule has 0 aromatic carbocycles. The van der Waals surface area contributed by atoms with Crippen molar-refractivity contribution in [3.63, 3.8) is 0 Å². The molecule has 0 bridgehead atoms. The number of nitrogens with one attached hydrogen (secondary N) is 1. The molecule has 19 heavy (non-hydrogen) atoms. The van der Waals surface area contributed by atoms with E-state index in [2.05, 4.69) is 22.2 Å². The molecule has 1 unspecified atom stereocenters. The quantitative estimate of drug-likeness (QED) is 0.718. The van der Waals surface area contributed by atoms with Crippen LogP contribution in [0.1, 0.15) is 44.7 Å². The highest BCUT2D eigenvalue weighted by molar-refractivity contribution is 5.66. The first-order valence-corrected chi connectivity index (χ1v) is 6.86. The van der Waals surface area contributed by atoms with Gasteiger partial charge in [0.05, 0.1) is 5.69 Å². The van der Waals surface area contributed by atoms with E-state index in [9.17, 15) is 4.79 Å². The third-order valence-electron chi connectivity index (χ3n) is 3.19. The molecule has 0 fully saturated rings. The van der Waals surface area contributed by atoms with Crippen molar-refractivity contribution in [1.29, 1.82) is 0 Å². The second-order valence-electron chi connectivity index (χ2n) is 4.79. The molecule has 0 spiro atoms. The first-order chi connectivity index (χ1) is 9.13. The fourth-order valence-electron chi connectivity index (χ4n) is 2.14. The summed E-state index contributed by atoms with van der Waals surface area (Å²) in [6.45, 7) is 4.86. The largest absolute Gasteiger partial charge is 0.481 e. The lowest BCUT2D eigenvalue weighted by Gasteiger charge is -2.16. The van der Waals surface area contributed by atoms with Crippen LogP contribution in [0.4, 0.5) is 5.82 Å². The Labute approximate surface area is 114 Å². The molecule has 1 atom stereocenters. The van der Waals surface area contributed by atoms with Gasteiger partial charge in [0.25, 0.3) is 0 Å². The monoisotopic (exact) mass is 265 g/mol. The van der Waals surface area contributed by atoms with Crippen LogP contribution in [0.5, 0.6) is 0 Å². The maximum Gasteiger partial charge on any atom is 0.303 e. The number of anilines is 1. The summed E-state index contributed by atoms with van der Waals surface area (Å²) in [5, 5.41) is 12.0. The lowest BCUT2D eigenvalue weighted by Crippen LogP contribution is -2.12. The second-order valence-corrected chi connectivity index (χ2v) is 4.79. The van der Waals surface area contributed by atoms with Crippen molar-refractivity contribution in [1.82, 2.24) is 9.97 Å². The molecule has 5 nitrogen and oxygen atoms in total. The molecule has 1 rings (SSSR count). The molecule has 0 saturated heterocycles. The van der Waals surface area contributed by atoms with Crippen molar-refractivity contribution in [3.8, 4) is 0 Å². The molecule has 1 heterocycles. The number of aliphatic carboxylic acids is 1. The number of aromatic nitrogens is 2. The smallest absolute Gasteiger partial charge is 0.303 e. The predicted octanol–water partition coefficient (Wildman–Crippen LogP) is 2.87. The van der Waals surface area contributed by atoms with Gasteiger partial charge in [-0.3, -0.25) is 9.78 Å². The molecule has 5 heteroatoms. The standard InChI is InChI=1S/C14H23N3O2/c1-3-4-12(5-6-13(18)19)7-8-16-14-11(2)15-9-10-17-14/h9-10,12H,3-8H2,1-2H3,(H,16,17)(H,18,19). The van der Waals surface area contributed by atoms with Crippen LogP contribution in [0.2, 0.25) is 0 Å². The zero-order valence-corrected chi connectivity index (χ0v) is 11.7. The van der Waals surface area contributed by atoms with Crippen molar-refractivity contribution in [2.45, 2.75) is 46.0 Å². The molecule has 0 aliphatic rings. The first-order valence-electron chi connectivity index (χ1n) is 6.86. The summed E-state index contributed by atoms with van der Waals surface area (Å²) < 4.78 is 0. The third-order valence-corrected chi connectivity index (χ3v) is 3.19. The summed E-state index contributed by atoms with van der Waals surface area (Å²) in [6, 6.07) is 0. The van der Waals surface area contributed by atoms with Crippen molar-refractivity contribution in [3.05, 3.63) is 18.1 Å². The second kappa shape index (κ2) is 8.45. The van der Waals surface area contributed by atoms with Crippen molar-refractivity contribution >= 4 is 11.8 Å². The number of carbonyl (C=O) groups is 1. The Balaban J connectivity index is 2.35. The molecule has 0 saturated carbocycles. The molecular weight excluding hydrogens is 242 g/mol. The summed E-state index contributed by atoms with van der Waals surface area (Å²) in [5.74, 6) is 0.570. The van der Waals surface area contributed by atoms with Crippen molar-refractivity contribution in [2.75, 3.05) is 11.9 Å². The number of rotatable bonds is 9. The minimum atomic E-state index is -0.709. The van der Waals surface area contributed by atoms with Gasteiger partial charge in [0.15, 0.2) is 0 Å². The lowest BCUT2D eigenvalue weighted by atomic mass is 9.94. The SMILES string of the molecule is CCCC(CCNc1nccnc1C)CCC(=O)O. The predicted molar refractivity (Wildman–Crippen MR) is 75.1 cm³/mol. The highest BCUT2D eigenvalue weighted by atomic mass is 16.4. The number of hydrogen-bond acceptors (Lipinski definition) is 4. The van der Waals surface area contributed by atoms with E-state index in [0.717, 1.165) is 43.7 Å². The maximum absolute atomic E-state index is 10.6. The molecule has 0 radical (unpaired) electrons. The highest BCUT2D eigenvalue weighted by Gasteiger charge is 2.10. The molecule has 2 N–H and O–H groups in total. The minimum absolute atomic E-state index is 0.259. The van der Waals surface area contributed by atoms with Crippen LogP contribution < -0.4 is 5.32 Å². The summed E-state index contributed by atoms with van der Waals surface area (Å²) in [5.41, 5.74) is 0.889. The van der Waals surface area contributed by atoms with Crippen LogP contribution in [-0.2, 0) is 4.79 Å². The van der Waals surface area contributed by atoms with Gasteiger partial charge in [0.1, 0.15) is 5.82 Å². The van der Waals surface area contributed by atoms with E-state index in [1.54, 1.807) is 12.4 Å². The summed E-state index contributed by atoms with van der Waals surface area (Å²) in [4.78, 5) is 19.0. The molecule has 0 aliphatic heterocycles. The lowest BCUT2D eigenvalue weighted by molar-refractivity contribution is -0.137. The number of aryl methyl sites for hydroxylation is 1. The average Bonchev–Trinajstić information content (AvgIpc) is 2.38. The Kier molecular flexibility index (Phi) is 6.85. The molecule has 1 aromatic rings. The fraction of sp³-hybridized carbons (Fsp3) is 0.643. The van der Waals surface area contributed by atoms with Gasteiger partial charge >= 0.3 is 5.97 Å². The van der Waals surface area contributed by atoms with Gasteiger partial charge in [-0.25, -0.2) is 4.98 Å². The minimum Gasteiger partial charge on any atom is -0.481 e. The Bertz CT molecular complexity index is 396. The van der Waals surface area contributed by atoms with E-state index in [4.69, 9.17) is 5.11 Å². The van der Waals surface area contributed by atoms with Crippen molar-refractivity contribution in [2.24, 2.45) is 5.92 Å². The van der Waals surface area contributed by atoms with Crippen LogP contribution in [0, 0.1) is 12.8 Å². The Morgan fingerprint density at radius 1 is 1.32 bits per heavy atom. The van der Waals surface area contributed by atoms with Crippen molar-refractivity contribution < 1.29 is 9.90 Å².